The molecule has 0 unspecified atom stereocenters. The van der Waals surface area contributed by atoms with Crippen LogP contribution in [0.25, 0.3) is 0 Å². The first-order valence-electron chi connectivity index (χ1n) is 9.03. The highest BCUT2D eigenvalue weighted by Crippen LogP contribution is 2.33. The van der Waals surface area contributed by atoms with E-state index in [0.717, 1.165) is 31.4 Å². The van der Waals surface area contributed by atoms with E-state index in [4.69, 9.17) is 9.57 Å². The maximum atomic E-state index is 12.2. The van der Waals surface area contributed by atoms with E-state index in [0.29, 0.717) is 13.1 Å². The van der Waals surface area contributed by atoms with Crippen molar-refractivity contribution in [2.45, 2.75) is 57.7 Å². The SMILES string of the molecule is CC(C)(C)OC(=O)N1CCC2(C=C(CCc3ccccc3)NO2)CC1. The fraction of sp³-hybridized carbons (Fsp3) is 0.550. The van der Waals surface area contributed by atoms with Crippen LogP contribution in [-0.2, 0) is 16.0 Å². The number of nitrogens with one attached hydrogen (secondary N) is 1. The van der Waals surface area contributed by atoms with Crippen molar-refractivity contribution in [3.05, 3.63) is 47.7 Å². The molecule has 0 saturated carbocycles. The maximum absolute atomic E-state index is 12.2. The second-order valence-corrected chi connectivity index (χ2v) is 7.89. The van der Waals surface area contributed by atoms with Crippen LogP contribution in [0.4, 0.5) is 4.79 Å². The van der Waals surface area contributed by atoms with Crippen molar-refractivity contribution in [1.82, 2.24) is 10.4 Å². The van der Waals surface area contributed by atoms with Gasteiger partial charge in [0.25, 0.3) is 0 Å². The quantitative estimate of drug-likeness (QED) is 0.906. The highest BCUT2D eigenvalue weighted by atomic mass is 16.7. The molecule has 0 aromatic heterocycles. The van der Waals surface area contributed by atoms with E-state index < -0.39 is 5.60 Å². The lowest BCUT2D eigenvalue weighted by molar-refractivity contribution is -0.0752. The van der Waals surface area contributed by atoms with Gasteiger partial charge in [-0.1, -0.05) is 30.3 Å². The number of amides is 1. The van der Waals surface area contributed by atoms with Gasteiger partial charge in [0.1, 0.15) is 11.2 Å². The van der Waals surface area contributed by atoms with Crippen molar-refractivity contribution in [1.29, 1.82) is 0 Å². The summed E-state index contributed by atoms with van der Waals surface area (Å²) in [6, 6.07) is 10.5. The standard InChI is InChI=1S/C20H28N2O3/c1-19(2,3)24-18(23)22-13-11-20(12-14-22)15-17(21-25-20)10-9-16-7-5-4-6-8-16/h4-8,15,21H,9-14H2,1-3H3. The molecule has 0 radical (unpaired) electrons. The molecule has 2 heterocycles. The Labute approximate surface area is 149 Å². The Morgan fingerprint density at radius 1 is 1.20 bits per heavy atom. The molecule has 1 aromatic rings. The van der Waals surface area contributed by atoms with Gasteiger partial charge in [-0.15, -0.1) is 0 Å². The number of hydrogen-bond donors (Lipinski definition) is 1. The summed E-state index contributed by atoms with van der Waals surface area (Å²) in [5.41, 5.74) is 4.81. The van der Waals surface area contributed by atoms with Crippen molar-refractivity contribution < 1.29 is 14.4 Å². The molecule has 0 atom stereocenters. The lowest BCUT2D eigenvalue weighted by atomic mass is 9.90. The molecule has 1 amide bonds. The summed E-state index contributed by atoms with van der Waals surface area (Å²) < 4.78 is 5.45. The Hall–Kier alpha value is -2.01. The summed E-state index contributed by atoms with van der Waals surface area (Å²) in [6.07, 6.45) is 5.47. The van der Waals surface area contributed by atoms with Crippen LogP contribution < -0.4 is 5.48 Å². The molecular formula is C20H28N2O3. The number of piperidine rings is 1. The number of allylic oxidation sites excluding steroid dienone is 1. The molecule has 2 aliphatic heterocycles. The maximum Gasteiger partial charge on any atom is 0.410 e. The summed E-state index contributed by atoms with van der Waals surface area (Å²) in [5, 5.41) is 0. The fourth-order valence-electron chi connectivity index (χ4n) is 3.23. The Morgan fingerprint density at radius 2 is 1.88 bits per heavy atom. The van der Waals surface area contributed by atoms with Crippen LogP contribution in [-0.4, -0.2) is 35.3 Å². The van der Waals surface area contributed by atoms with Gasteiger partial charge in [0.15, 0.2) is 0 Å². The first-order chi connectivity index (χ1) is 11.9. The van der Waals surface area contributed by atoms with E-state index in [1.807, 2.05) is 26.8 Å². The Morgan fingerprint density at radius 3 is 2.52 bits per heavy atom. The molecule has 25 heavy (non-hydrogen) atoms. The molecule has 1 saturated heterocycles. The first-order valence-corrected chi connectivity index (χ1v) is 9.03. The number of hydrogen-bond acceptors (Lipinski definition) is 4. The third-order valence-electron chi connectivity index (χ3n) is 4.61. The van der Waals surface area contributed by atoms with Gasteiger partial charge in [-0.25, -0.2) is 4.79 Å². The summed E-state index contributed by atoms with van der Waals surface area (Å²) >= 11 is 0. The fourth-order valence-corrected chi connectivity index (χ4v) is 3.23. The predicted molar refractivity (Wildman–Crippen MR) is 96.8 cm³/mol. The van der Waals surface area contributed by atoms with Crippen molar-refractivity contribution in [2.24, 2.45) is 0 Å². The number of rotatable bonds is 3. The second kappa shape index (κ2) is 7.08. The molecule has 2 aliphatic rings. The smallest absolute Gasteiger partial charge is 0.410 e. The Kier molecular flexibility index (Phi) is 5.04. The third-order valence-corrected chi connectivity index (χ3v) is 4.61. The molecule has 1 fully saturated rings. The molecule has 1 aromatic carbocycles. The zero-order valence-corrected chi connectivity index (χ0v) is 15.4. The minimum Gasteiger partial charge on any atom is -0.444 e. The Bertz CT molecular complexity index is 626. The molecular weight excluding hydrogens is 316 g/mol. The van der Waals surface area contributed by atoms with Crippen LogP contribution in [0.15, 0.2) is 42.1 Å². The topological polar surface area (TPSA) is 50.8 Å². The summed E-state index contributed by atoms with van der Waals surface area (Å²) in [6.45, 7) is 6.98. The predicted octanol–water partition coefficient (Wildman–Crippen LogP) is 3.81. The van der Waals surface area contributed by atoms with Crippen LogP contribution in [0, 0.1) is 0 Å². The second-order valence-electron chi connectivity index (χ2n) is 7.89. The monoisotopic (exact) mass is 344 g/mol. The summed E-state index contributed by atoms with van der Waals surface area (Å²) in [7, 11) is 0. The molecule has 136 valence electrons. The van der Waals surface area contributed by atoms with Crippen molar-refractivity contribution >= 4 is 6.09 Å². The van der Waals surface area contributed by atoms with Gasteiger partial charge >= 0.3 is 6.09 Å². The summed E-state index contributed by atoms with van der Waals surface area (Å²) in [5.74, 6) is 0. The number of carbonyl (C=O) groups is 1. The van der Waals surface area contributed by atoms with E-state index in [-0.39, 0.29) is 11.7 Å². The summed E-state index contributed by atoms with van der Waals surface area (Å²) in [4.78, 5) is 19.8. The van der Waals surface area contributed by atoms with Gasteiger partial charge in [-0.3, -0.25) is 10.3 Å². The highest BCUT2D eigenvalue weighted by molar-refractivity contribution is 5.68. The lowest BCUT2D eigenvalue weighted by Gasteiger charge is -2.37. The van der Waals surface area contributed by atoms with Crippen LogP contribution in [0.1, 0.15) is 45.6 Å². The van der Waals surface area contributed by atoms with Crippen molar-refractivity contribution in [3.63, 3.8) is 0 Å². The Balaban J connectivity index is 1.51. The molecule has 5 nitrogen and oxygen atoms in total. The zero-order chi connectivity index (χ0) is 17.9. The van der Waals surface area contributed by atoms with Crippen molar-refractivity contribution in [2.75, 3.05) is 13.1 Å². The third kappa shape index (κ3) is 4.75. The zero-order valence-electron chi connectivity index (χ0n) is 15.4. The van der Waals surface area contributed by atoms with Gasteiger partial charge in [0, 0.05) is 31.6 Å². The van der Waals surface area contributed by atoms with Gasteiger partial charge in [-0.05, 0) is 45.3 Å². The van der Waals surface area contributed by atoms with Gasteiger partial charge in [0.05, 0.1) is 0 Å². The van der Waals surface area contributed by atoms with Crippen LogP contribution in [0.3, 0.4) is 0 Å². The van der Waals surface area contributed by atoms with Crippen LogP contribution in [0.5, 0.6) is 0 Å². The number of benzene rings is 1. The number of hydroxylamine groups is 1. The number of likely N-dealkylation sites (tertiary alicyclic amines) is 1. The number of ether oxygens (including phenoxy) is 1. The number of aryl methyl sites for hydroxylation is 1. The van der Waals surface area contributed by atoms with Crippen LogP contribution in [0.2, 0.25) is 0 Å². The van der Waals surface area contributed by atoms with Gasteiger partial charge in [-0.2, -0.15) is 0 Å². The minimum atomic E-state index is -0.456. The molecule has 3 rings (SSSR count). The van der Waals surface area contributed by atoms with E-state index in [1.54, 1.807) is 4.90 Å². The molecule has 5 heteroatoms. The largest absolute Gasteiger partial charge is 0.444 e. The minimum absolute atomic E-state index is 0.235. The van der Waals surface area contributed by atoms with Crippen molar-refractivity contribution in [3.8, 4) is 0 Å². The number of carbonyl (C=O) groups excluding carboxylic acids is 1. The van der Waals surface area contributed by atoms with E-state index in [2.05, 4.69) is 35.8 Å². The first kappa shape index (κ1) is 17.8. The molecule has 1 N–H and O–H groups in total. The molecule has 1 spiro atoms. The lowest BCUT2D eigenvalue weighted by Crippen LogP contribution is -2.48. The van der Waals surface area contributed by atoms with Crippen LogP contribution >= 0.6 is 0 Å². The average molecular weight is 344 g/mol. The van der Waals surface area contributed by atoms with Gasteiger partial charge < -0.3 is 9.64 Å². The van der Waals surface area contributed by atoms with E-state index in [1.165, 1.54) is 5.56 Å². The molecule has 0 bridgehead atoms. The van der Waals surface area contributed by atoms with E-state index >= 15 is 0 Å². The molecule has 0 aliphatic carbocycles. The van der Waals surface area contributed by atoms with E-state index in [9.17, 15) is 4.79 Å². The normalized spacial score (nSPS) is 19.5. The van der Waals surface area contributed by atoms with Gasteiger partial charge in [0.2, 0.25) is 0 Å². The number of nitrogens with zero attached hydrogens (tertiary/aromatic N) is 1. The highest BCUT2D eigenvalue weighted by Gasteiger charge is 2.40. The average Bonchev–Trinajstić information content (AvgIpc) is 2.96.